The summed E-state index contributed by atoms with van der Waals surface area (Å²) in [4.78, 5) is 30.9. The second-order valence-electron chi connectivity index (χ2n) is 6.18. The lowest BCUT2D eigenvalue weighted by atomic mass is 10.1. The average molecular weight is 431 g/mol. The zero-order valence-corrected chi connectivity index (χ0v) is 17.2. The van der Waals surface area contributed by atoms with Crippen molar-refractivity contribution in [2.45, 2.75) is 18.1 Å². The van der Waals surface area contributed by atoms with E-state index in [1.54, 1.807) is 30.3 Å². The topological polar surface area (TPSA) is 127 Å². The first-order chi connectivity index (χ1) is 14.5. The number of ether oxygens (including phenoxy) is 2. The standard InChI is InChI=1S/C20H21N3O6S/c1-27-15-6-5-12(9-16(15)28-2)8-14-18(25)22-20(23-19(14)26)30-11-17(24)21-10-13-4-3-7-29-13/h3-7,9H,8,10-11H2,1-2H3,(H,21,24)(H2,22,23,25,26). The number of aromatic amines is 1. The minimum absolute atomic E-state index is 0.0259. The number of amides is 1. The highest BCUT2D eigenvalue weighted by molar-refractivity contribution is 7.99. The predicted molar refractivity (Wildman–Crippen MR) is 110 cm³/mol. The number of aromatic hydroxyl groups is 1. The van der Waals surface area contributed by atoms with E-state index in [0.29, 0.717) is 17.3 Å². The Morgan fingerprint density at radius 3 is 2.73 bits per heavy atom. The molecule has 0 saturated carbocycles. The van der Waals surface area contributed by atoms with Gasteiger partial charge >= 0.3 is 0 Å². The smallest absolute Gasteiger partial charge is 0.258 e. The Labute approximate surface area is 176 Å². The molecule has 1 aromatic carbocycles. The second kappa shape index (κ2) is 9.88. The van der Waals surface area contributed by atoms with E-state index in [0.717, 1.165) is 17.3 Å². The molecule has 10 heteroatoms. The molecular formula is C20H21N3O6S. The highest BCUT2D eigenvalue weighted by Crippen LogP contribution is 2.29. The van der Waals surface area contributed by atoms with Gasteiger partial charge in [-0.05, 0) is 29.8 Å². The first-order valence-corrected chi connectivity index (χ1v) is 9.93. The number of H-pyrrole nitrogens is 1. The number of rotatable bonds is 9. The Balaban J connectivity index is 1.63. The van der Waals surface area contributed by atoms with Crippen molar-refractivity contribution in [2.24, 2.45) is 0 Å². The van der Waals surface area contributed by atoms with Crippen LogP contribution < -0.4 is 20.3 Å². The molecule has 0 atom stereocenters. The summed E-state index contributed by atoms with van der Waals surface area (Å²) in [5.74, 6) is 1.11. The fourth-order valence-corrected chi connectivity index (χ4v) is 3.36. The van der Waals surface area contributed by atoms with Gasteiger partial charge in [-0.25, -0.2) is 0 Å². The fourth-order valence-electron chi connectivity index (χ4n) is 2.67. The third-order valence-electron chi connectivity index (χ3n) is 4.18. The molecule has 0 radical (unpaired) electrons. The summed E-state index contributed by atoms with van der Waals surface area (Å²) in [5.41, 5.74) is 0.387. The lowest BCUT2D eigenvalue weighted by molar-refractivity contribution is -0.118. The van der Waals surface area contributed by atoms with Gasteiger partial charge in [0.1, 0.15) is 5.76 Å². The van der Waals surface area contributed by atoms with E-state index in [-0.39, 0.29) is 41.2 Å². The highest BCUT2D eigenvalue weighted by Gasteiger charge is 2.14. The van der Waals surface area contributed by atoms with E-state index in [4.69, 9.17) is 13.9 Å². The molecule has 2 heterocycles. The molecule has 2 aromatic heterocycles. The third kappa shape index (κ3) is 5.35. The van der Waals surface area contributed by atoms with Gasteiger partial charge in [0.05, 0.1) is 38.3 Å². The van der Waals surface area contributed by atoms with Crippen molar-refractivity contribution >= 4 is 17.7 Å². The van der Waals surface area contributed by atoms with Crippen LogP contribution in [-0.2, 0) is 17.8 Å². The van der Waals surface area contributed by atoms with Gasteiger partial charge in [0, 0.05) is 6.42 Å². The number of thioether (sulfide) groups is 1. The summed E-state index contributed by atoms with van der Waals surface area (Å²) in [5, 5.41) is 13.1. The lowest BCUT2D eigenvalue weighted by Gasteiger charge is -2.10. The van der Waals surface area contributed by atoms with Crippen LogP contribution in [0.25, 0.3) is 0 Å². The van der Waals surface area contributed by atoms with Crippen LogP contribution in [0, 0.1) is 0 Å². The summed E-state index contributed by atoms with van der Waals surface area (Å²) in [6.45, 7) is 0.270. The van der Waals surface area contributed by atoms with Gasteiger partial charge in [-0.15, -0.1) is 0 Å². The van der Waals surface area contributed by atoms with Crippen molar-refractivity contribution in [1.29, 1.82) is 0 Å². The number of furan rings is 1. The van der Waals surface area contributed by atoms with Crippen LogP contribution in [0.4, 0.5) is 0 Å². The lowest BCUT2D eigenvalue weighted by Crippen LogP contribution is -2.24. The largest absolute Gasteiger partial charge is 0.493 e. The van der Waals surface area contributed by atoms with E-state index in [9.17, 15) is 14.7 Å². The minimum atomic E-state index is -0.476. The Morgan fingerprint density at radius 2 is 2.07 bits per heavy atom. The number of methoxy groups -OCH3 is 2. The number of hydrogen-bond acceptors (Lipinski definition) is 8. The number of carbonyl (C=O) groups is 1. The number of hydrogen-bond donors (Lipinski definition) is 3. The molecule has 0 saturated heterocycles. The summed E-state index contributed by atoms with van der Waals surface area (Å²) < 4.78 is 15.6. The Kier molecular flexibility index (Phi) is 7.02. The zero-order chi connectivity index (χ0) is 21.5. The molecule has 0 aliphatic carbocycles. The molecule has 0 fully saturated rings. The van der Waals surface area contributed by atoms with Crippen LogP contribution in [0.15, 0.2) is 51.0 Å². The monoisotopic (exact) mass is 431 g/mol. The molecule has 0 unspecified atom stereocenters. The fraction of sp³-hybridized carbons (Fsp3) is 0.250. The van der Waals surface area contributed by atoms with Crippen LogP contribution in [0.2, 0.25) is 0 Å². The van der Waals surface area contributed by atoms with Gasteiger partial charge in [-0.1, -0.05) is 17.8 Å². The van der Waals surface area contributed by atoms with Crippen molar-refractivity contribution in [1.82, 2.24) is 15.3 Å². The number of nitrogens with one attached hydrogen (secondary N) is 2. The first kappa shape index (κ1) is 21.3. The van der Waals surface area contributed by atoms with Crippen LogP contribution in [0.5, 0.6) is 17.4 Å². The average Bonchev–Trinajstić information content (AvgIpc) is 3.27. The number of aromatic nitrogens is 2. The maximum atomic E-state index is 12.4. The molecule has 3 rings (SSSR count). The Bertz CT molecular complexity index is 1060. The maximum Gasteiger partial charge on any atom is 0.258 e. The summed E-state index contributed by atoms with van der Waals surface area (Å²) in [7, 11) is 3.05. The summed E-state index contributed by atoms with van der Waals surface area (Å²) >= 11 is 1.01. The normalized spacial score (nSPS) is 10.6. The molecule has 0 spiro atoms. The molecule has 3 aromatic rings. The van der Waals surface area contributed by atoms with Gasteiger partial charge in [0.25, 0.3) is 5.56 Å². The zero-order valence-electron chi connectivity index (χ0n) is 16.4. The second-order valence-corrected chi connectivity index (χ2v) is 7.15. The molecule has 0 bridgehead atoms. The maximum absolute atomic E-state index is 12.4. The van der Waals surface area contributed by atoms with E-state index in [1.165, 1.54) is 20.5 Å². The van der Waals surface area contributed by atoms with Gasteiger partial charge in [0.15, 0.2) is 16.7 Å². The molecule has 30 heavy (non-hydrogen) atoms. The molecule has 158 valence electrons. The van der Waals surface area contributed by atoms with Crippen molar-refractivity contribution in [2.75, 3.05) is 20.0 Å². The predicted octanol–water partition coefficient (Wildman–Crippen LogP) is 2.08. The SMILES string of the molecule is COc1ccc(Cc2c(O)nc(SCC(=O)NCc3ccco3)[nH]c2=O)cc1OC. The van der Waals surface area contributed by atoms with Crippen molar-refractivity contribution in [3.8, 4) is 17.4 Å². The molecular weight excluding hydrogens is 410 g/mol. The van der Waals surface area contributed by atoms with E-state index < -0.39 is 5.56 Å². The molecule has 3 N–H and O–H groups in total. The van der Waals surface area contributed by atoms with Crippen LogP contribution in [-0.4, -0.2) is 41.0 Å². The van der Waals surface area contributed by atoms with Gasteiger partial charge in [-0.3, -0.25) is 9.59 Å². The van der Waals surface area contributed by atoms with Crippen molar-refractivity contribution in [3.63, 3.8) is 0 Å². The van der Waals surface area contributed by atoms with Gasteiger partial charge < -0.3 is 29.3 Å². The van der Waals surface area contributed by atoms with E-state index >= 15 is 0 Å². The number of carbonyl (C=O) groups excluding carboxylic acids is 1. The van der Waals surface area contributed by atoms with Gasteiger partial charge in [0.2, 0.25) is 11.8 Å². The Morgan fingerprint density at radius 1 is 1.27 bits per heavy atom. The number of nitrogens with zero attached hydrogens (tertiary/aromatic N) is 1. The molecule has 9 nitrogen and oxygen atoms in total. The van der Waals surface area contributed by atoms with E-state index in [1.807, 2.05) is 0 Å². The quantitative estimate of drug-likeness (QED) is 0.347. The van der Waals surface area contributed by atoms with Crippen LogP contribution >= 0.6 is 11.8 Å². The third-order valence-corrected chi connectivity index (χ3v) is 5.05. The highest BCUT2D eigenvalue weighted by atomic mass is 32.2. The van der Waals surface area contributed by atoms with Crippen molar-refractivity contribution < 1.29 is 23.8 Å². The summed E-state index contributed by atoms with van der Waals surface area (Å²) in [6.07, 6.45) is 1.68. The first-order valence-electron chi connectivity index (χ1n) is 8.95. The molecule has 0 aliphatic heterocycles. The molecule has 0 aliphatic rings. The summed E-state index contributed by atoms with van der Waals surface area (Å²) in [6, 6.07) is 8.70. The van der Waals surface area contributed by atoms with Crippen LogP contribution in [0.3, 0.4) is 0 Å². The number of benzene rings is 1. The van der Waals surface area contributed by atoms with E-state index in [2.05, 4.69) is 15.3 Å². The van der Waals surface area contributed by atoms with Crippen molar-refractivity contribution in [3.05, 3.63) is 63.8 Å². The molecule has 1 amide bonds. The van der Waals surface area contributed by atoms with Crippen LogP contribution in [0.1, 0.15) is 16.9 Å². The Hall–Kier alpha value is -3.40. The van der Waals surface area contributed by atoms with Gasteiger partial charge in [-0.2, -0.15) is 4.98 Å². The minimum Gasteiger partial charge on any atom is -0.493 e.